The van der Waals surface area contributed by atoms with Crippen molar-refractivity contribution in [2.24, 2.45) is 0 Å². The van der Waals surface area contributed by atoms with Gasteiger partial charge in [0.1, 0.15) is 0 Å². The lowest BCUT2D eigenvalue weighted by Crippen LogP contribution is -2.41. The molecule has 2 aliphatic heterocycles. The van der Waals surface area contributed by atoms with Gasteiger partial charge < -0.3 is 5.32 Å². The van der Waals surface area contributed by atoms with Gasteiger partial charge in [0.05, 0.1) is 0 Å². The molecule has 1 unspecified atom stereocenters. The van der Waals surface area contributed by atoms with Gasteiger partial charge in [0.25, 0.3) is 0 Å². The lowest BCUT2D eigenvalue weighted by atomic mass is 9.94. The van der Waals surface area contributed by atoms with Gasteiger partial charge >= 0.3 is 0 Å². The van der Waals surface area contributed by atoms with E-state index in [1.165, 1.54) is 38.8 Å². The molecule has 0 saturated carbocycles. The number of nitrogens with one attached hydrogen (secondary N) is 1. The van der Waals surface area contributed by atoms with E-state index in [0.717, 1.165) is 0 Å². The largest absolute Gasteiger partial charge is 0.315 e. The molecule has 1 radical (unpaired) electrons. The Morgan fingerprint density at radius 1 is 1.40 bits per heavy atom. The average Bonchev–Trinajstić information content (AvgIpc) is 2.39. The van der Waals surface area contributed by atoms with Crippen LogP contribution in [-0.4, -0.2) is 17.8 Å². The summed E-state index contributed by atoms with van der Waals surface area (Å²) in [5.41, 5.74) is 0. The Hall–Kier alpha value is 0.310. The molecule has 1 spiro atoms. The van der Waals surface area contributed by atoms with Crippen molar-refractivity contribution >= 4 is 11.8 Å². The van der Waals surface area contributed by atoms with Crippen molar-refractivity contribution in [3.05, 3.63) is 5.75 Å². The van der Waals surface area contributed by atoms with Gasteiger partial charge in [0.15, 0.2) is 0 Å². The van der Waals surface area contributed by atoms with E-state index in [0.29, 0.717) is 4.75 Å². The van der Waals surface area contributed by atoms with Gasteiger partial charge in [-0.25, -0.2) is 0 Å². The summed E-state index contributed by atoms with van der Waals surface area (Å²) in [6.45, 7) is 2.48. The lowest BCUT2D eigenvalue weighted by molar-refractivity contribution is 0.407. The average molecular weight is 156 g/mol. The number of thioether (sulfide) groups is 1. The summed E-state index contributed by atoms with van der Waals surface area (Å²) in [4.78, 5) is 0. The van der Waals surface area contributed by atoms with Crippen LogP contribution in [0.1, 0.15) is 25.7 Å². The molecule has 0 bridgehead atoms. The summed E-state index contributed by atoms with van der Waals surface area (Å²) in [5.74, 6) is 2.38. The van der Waals surface area contributed by atoms with Crippen LogP contribution in [-0.2, 0) is 0 Å². The highest BCUT2D eigenvalue weighted by atomic mass is 32.2. The van der Waals surface area contributed by atoms with Crippen LogP contribution in [0.4, 0.5) is 0 Å². The van der Waals surface area contributed by atoms with Gasteiger partial charge in [-0.1, -0.05) is 0 Å². The quantitative estimate of drug-likeness (QED) is 0.574. The fourth-order valence-electron chi connectivity index (χ4n) is 1.87. The van der Waals surface area contributed by atoms with Gasteiger partial charge in [-0.3, -0.25) is 0 Å². The predicted octanol–water partition coefficient (Wildman–Crippen LogP) is 1.80. The van der Waals surface area contributed by atoms with Crippen molar-refractivity contribution in [1.82, 2.24) is 5.32 Å². The van der Waals surface area contributed by atoms with E-state index in [1.807, 2.05) is 0 Å². The lowest BCUT2D eigenvalue weighted by Gasteiger charge is -2.32. The maximum Gasteiger partial charge on any atom is 0.0288 e. The molecule has 1 N–H and O–H groups in total. The van der Waals surface area contributed by atoms with Crippen molar-refractivity contribution in [2.45, 2.75) is 30.4 Å². The molecule has 2 saturated heterocycles. The van der Waals surface area contributed by atoms with E-state index in [9.17, 15) is 0 Å². The molecule has 0 aromatic rings. The first-order chi connectivity index (χ1) is 4.91. The maximum atomic E-state index is 3.48. The van der Waals surface area contributed by atoms with Crippen molar-refractivity contribution < 1.29 is 0 Å². The van der Waals surface area contributed by atoms with Crippen molar-refractivity contribution in [2.75, 3.05) is 13.1 Å². The van der Waals surface area contributed by atoms with Gasteiger partial charge in [-0.15, -0.1) is 11.8 Å². The molecule has 2 aliphatic rings. The Kier molecular flexibility index (Phi) is 1.92. The fourth-order valence-corrected chi connectivity index (χ4v) is 3.14. The molecule has 2 heteroatoms. The van der Waals surface area contributed by atoms with Crippen LogP contribution in [0.25, 0.3) is 0 Å². The molecular formula is C8H14NS. The molecule has 0 amide bonds. The second-order valence-electron chi connectivity index (χ2n) is 3.29. The molecule has 0 aromatic heterocycles. The topological polar surface area (TPSA) is 12.0 Å². The van der Waals surface area contributed by atoms with Gasteiger partial charge in [-0.2, -0.15) is 0 Å². The molecule has 1 nitrogen and oxygen atoms in total. The van der Waals surface area contributed by atoms with E-state index in [4.69, 9.17) is 0 Å². The zero-order valence-electron chi connectivity index (χ0n) is 6.23. The van der Waals surface area contributed by atoms with Crippen LogP contribution in [0.5, 0.6) is 0 Å². The first kappa shape index (κ1) is 6.99. The number of hydrogen-bond donors (Lipinski definition) is 1. The minimum atomic E-state index is 0.623. The molecule has 57 valence electrons. The predicted molar refractivity (Wildman–Crippen MR) is 46.0 cm³/mol. The third kappa shape index (κ3) is 1.19. The Balaban J connectivity index is 1.98. The van der Waals surface area contributed by atoms with Crippen LogP contribution in [0, 0.1) is 5.75 Å². The summed E-state index contributed by atoms with van der Waals surface area (Å²) in [6.07, 6.45) is 5.54. The third-order valence-corrected chi connectivity index (χ3v) is 3.94. The standard InChI is InChI=1S/C8H14NS/c1-3-8(7-9-5-1)4-2-6-10-8/h6,9H,1-5,7H2. The van der Waals surface area contributed by atoms with Crippen LogP contribution >= 0.6 is 11.8 Å². The molecule has 0 aromatic carbocycles. The van der Waals surface area contributed by atoms with Gasteiger partial charge in [0, 0.05) is 17.0 Å². The smallest absolute Gasteiger partial charge is 0.0288 e. The summed E-state index contributed by atoms with van der Waals surface area (Å²) in [6, 6.07) is 0. The first-order valence-electron chi connectivity index (χ1n) is 4.12. The van der Waals surface area contributed by atoms with Crippen LogP contribution in [0.15, 0.2) is 0 Å². The first-order valence-corrected chi connectivity index (χ1v) is 5.00. The Bertz CT molecular complexity index is 110. The highest BCUT2D eigenvalue weighted by Gasteiger charge is 2.35. The van der Waals surface area contributed by atoms with E-state index >= 15 is 0 Å². The van der Waals surface area contributed by atoms with E-state index < -0.39 is 0 Å². The van der Waals surface area contributed by atoms with Crippen molar-refractivity contribution in [3.63, 3.8) is 0 Å². The Morgan fingerprint density at radius 2 is 2.40 bits per heavy atom. The molecule has 2 heterocycles. The van der Waals surface area contributed by atoms with Crippen molar-refractivity contribution in [1.29, 1.82) is 0 Å². The normalized spacial score (nSPS) is 40.8. The third-order valence-electron chi connectivity index (χ3n) is 2.48. The molecule has 1 atom stereocenters. The van der Waals surface area contributed by atoms with Crippen molar-refractivity contribution in [3.8, 4) is 0 Å². The summed E-state index contributed by atoms with van der Waals surface area (Å²) >= 11 is 2.08. The molecular weight excluding hydrogens is 142 g/mol. The van der Waals surface area contributed by atoms with Gasteiger partial charge in [0.2, 0.25) is 0 Å². The van der Waals surface area contributed by atoms with E-state index in [-0.39, 0.29) is 0 Å². The number of piperidine rings is 1. The summed E-state index contributed by atoms with van der Waals surface area (Å²) in [5, 5.41) is 3.48. The highest BCUT2D eigenvalue weighted by Crippen LogP contribution is 2.44. The van der Waals surface area contributed by atoms with E-state index in [2.05, 4.69) is 22.8 Å². The Labute approximate surface area is 67.0 Å². The van der Waals surface area contributed by atoms with E-state index in [1.54, 1.807) is 0 Å². The van der Waals surface area contributed by atoms with Crippen LogP contribution in [0.2, 0.25) is 0 Å². The zero-order valence-corrected chi connectivity index (χ0v) is 7.04. The highest BCUT2D eigenvalue weighted by molar-refractivity contribution is 8.02. The molecule has 10 heavy (non-hydrogen) atoms. The van der Waals surface area contributed by atoms with Gasteiger partial charge in [-0.05, 0) is 32.2 Å². The van der Waals surface area contributed by atoms with Crippen LogP contribution in [0.3, 0.4) is 0 Å². The molecule has 2 fully saturated rings. The van der Waals surface area contributed by atoms with Crippen LogP contribution < -0.4 is 5.32 Å². The maximum absolute atomic E-state index is 3.48. The zero-order chi connectivity index (χ0) is 6.86. The second kappa shape index (κ2) is 2.74. The number of rotatable bonds is 0. The molecule has 2 rings (SSSR count). The Morgan fingerprint density at radius 3 is 3.00 bits per heavy atom. The minimum absolute atomic E-state index is 0.623. The SMILES string of the molecule is [CH]1CCC2(CCCNC2)S1. The summed E-state index contributed by atoms with van der Waals surface area (Å²) in [7, 11) is 0. The second-order valence-corrected chi connectivity index (χ2v) is 4.72. The number of hydrogen-bond acceptors (Lipinski definition) is 2. The summed E-state index contributed by atoms with van der Waals surface area (Å²) < 4.78 is 0.623. The molecule has 0 aliphatic carbocycles. The fraction of sp³-hybridized carbons (Fsp3) is 0.875. The monoisotopic (exact) mass is 156 g/mol. The minimum Gasteiger partial charge on any atom is -0.315 e.